The zero-order valence-corrected chi connectivity index (χ0v) is 11.8. The predicted octanol–water partition coefficient (Wildman–Crippen LogP) is 2.07. The molecule has 5 nitrogen and oxygen atoms in total. The van der Waals surface area contributed by atoms with Gasteiger partial charge in [-0.25, -0.2) is 4.98 Å². The maximum Gasteiger partial charge on any atom is 0.299 e. The van der Waals surface area contributed by atoms with Gasteiger partial charge in [-0.2, -0.15) is 4.99 Å². The minimum atomic E-state index is -0.402. The lowest BCUT2D eigenvalue weighted by atomic mass is 10.2. The molecule has 2 aromatic heterocycles. The standard InChI is InChI=1S/C17H14N4O/c22-17(15-12-18-9-10-19-15)20-16-8-4-5-11-21(16)13-14-6-2-1-3-7-14/h1-12H,13H2. The quantitative estimate of drug-likeness (QED) is 0.742. The molecule has 3 rings (SSSR count). The van der Waals surface area contributed by atoms with E-state index in [4.69, 9.17) is 0 Å². The monoisotopic (exact) mass is 290 g/mol. The molecule has 108 valence electrons. The van der Waals surface area contributed by atoms with Crippen LogP contribution >= 0.6 is 0 Å². The number of hydrogen-bond acceptors (Lipinski definition) is 3. The largest absolute Gasteiger partial charge is 0.328 e. The Hall–Kier alpha value is -3.08. The first-order valence-corrected chi connectivity index (χ1v) is 6.87. The molecule has 0 N–H and O–H groups in total. The van der Waals surface area contributed by atoms with Gasteiger partial charge < -0.3 is 4.57 Å². The van der Waals surface area contributed by atoms with Crippen molar-refractivity contribution in [3.05, 3.63) is 90.1 Å². The molecule has 3 aromatic rings. The summed E-state index contributed by atoms with van der Waals surface area (Å²) in [7, 11) is 0. The molecular formula is C17H14N4O. The molecule has 0 spiro atoms. The van der Waals surface area contributed by atoms with Gasteiger partial charge in [0.05, 0.1) is 6.20 Å². The lowest BCUT2D eigenvalue weighted by Gasteiger charge is -2.07. The second-order valence-electron chi connectivity index (χ2n) is 4.68. The van der Waals surface area contributed by atoms with Gasteiger partial charge in [-0.15, -0.1) is 0 Å². The van der Waals surface area contributed by atoms with E-state index in [-0.39, 0.29) is 5.69 Å². The van der Waals surface area contributed by atoms with Crippen molar-refractivity contribution in [3.63, 3.8) is 0 Å². The van der Waals surface area contributed by atoms with Crippen LogP contribution in [-0.2, 0) is 6.54 Å². The zero-order valence-electron chi connectivity index (χ0n) is 11.8. The second kappa shape index (κ2) is 6.58. The van der Waals surface area contributed by atoms with Gasteiger partial charge in [0.25, 0.3) is 5.91 Å². The molecule has 1 aromatic carbocycles. The van der Waals surface area contributed by atoms with Crippen molar-refractivity contribution in [1.29, 1.82) is 0 Å². The van der Waals surface area contributed by atoms with E-state index >= 15 is 0 Å². The summed E-state index contributed by atoms with van der Waals surface area (Å²) in [4.78, 5) is 24.1. The van der Waals surface area contributed by atoms with Gasteiger partial charge in [-0.05, 0) is 17.7 Å². The Labute approximate surface area is 127 Å². The van der Waals surface area contributed by atoms with Gasteiger partial charge in [-0.3, -0.25) is 9.78 Å². The molecule has 0 aliphatic rings. The smallest absolute Gasteiger partial charge is 0.299 e. The third-order valence-corrected chi connectivity index (χ3v) is 3.11. The summed E-state index contributed by atoms with van der Waals surface area (Å²) < 4.78 is 1.92. The normalized spacial score (nSPS) is 11.4. The van der Waals surface area contributed by atoms with Crippen LogP contribution < -0.4 is 5.49 Å². The highest BCUT2D eigenvalue weighted by Crippen LogP contribution is 2.00. The lowest BCUT2D eigenvalue weighted by Crippen LogP contribution is -2.22. The fraction of sp³-hybridized carbons (Fsp3) is 0.0588. The third-order valence-electron chi connectivity index (χ3n) is 3.11. The van der Waals surface area contributed by atoms with E-state index in [9.17, 15) is 4.79 Å². The molecule has 0 bridgehead atoms. The van der Waals surface area contributed by atoms with Gasteiger partial charge in [0.2, 0.25) is 0 Å². The molecule has 0 atom stereocenters. The minimum Gasteiger partial charge on any atom is -0.328 e. The Morgan fingerprint density at radius 2 is 1.86 bits per heavy atom. The number of hydrogen-bond donors (Lipinski definition) is 0. The van der Waals surface area contributed by atoms with Gasteiger partial charge in [-0.1, -0.05) is 36.4 Å². The Morgan fingerprint density at radius 1 is 1.05 bits per heavy atom. The molecule has 1 amide bonds. The summed E-state index contributed by atoms with van der Waals surface area (Å²) in [6.45, 7) is 0.647. The average molecular weight is 290 g/mol. The van der Waals surface area contributed by atoms with Crippen molar-refractivity contribution < 1.29 is 4.79 Å². The number of amides is 1. The first-order valence-electron chi connectivity index (χ1n) is 6.87. The molecule has 2 heterocycles. The SMILES string of the molecule is O=C(N=c1ccccn1Cc1ccccc1)c1cnccn1. The first kappa shape index (κ1) is 13.9. The zero-order chi connectivity index (χ0) is 15.2. The van der Waals surface area contributed by atoms with E-state index in [0.29, 0.717) is 12.0 Å². The average Bonchev–Trinajstić information content (AvgIpc) is 2.58. The van der Waals surface area contributed by atoms with Gasteiger partial charge in [0.1, 0.15) is 11.2 Å². The van der Waals surface area contributed by atoms with E-state index < -0.39 is 5.91 Å². The van der Waals surface area contributed by atoms with Crippen LogP contribution in [0, 0.1) is 0 Å². The van der Waals surface area contributed by atoms with Crippen molar-refractivity contribution in [2.24, 2.45) is 4.99 Å². The van der Waals surface area contributed by atoms with E-state index in [2.05, 4.69) is 15.0 Å². The highest BCUT2D eigenvalue weighted by molar-refractivity contribution is 5.92. The van der Waals surface area contributed by atoms with E-state index in [1.54, 1.807) is 6.07 Å². The van der Waals surface area contributed by atoms with Crippen LogP contribution in [0.5, 0.6) is 0 Å². The van der Waals surface area contributed by atoms with Crippen LogP contribution in [0.2, 0.25) is 0 Å². The Balaban J connectivity index is 1.94. The van der Waals surface area contributed by atoms with Gasteiger partial charge in [0.15, 0.2) is 0 Å². The molecule has 22 heavy (non-hydrogen) atoms. The maximum atomic E-state index is 12.1. The summed E-state index contributed by atoms with van der Waals surface area (Å²) in [5.41, 5.74) is 1.96. The van der Waals surface area contributed by atoms with E-state index in [1.807, 2.05) is 53.2 Å². The molecule has 0 saturated heterocycles. The van der Waals surface area contributed by atoms with Crippen LogP contribution in [-0.4, -0.2) is 20.4 Å². The number of nitrogens with zero attached hydrogens (tertiary/aromatic N) is 4. The second-order valence-corrected chi connectivity index (χ2v) is 4.68. The molecule has 0 radical (unpaired) electrons. The summed E-state index contributed by atoms with van der Waals surface area (Å²) in [6.07, 6.45) is 6.31. The maximum absolute atomic E-state index is 12.1. The summed E-state index contributed by atoms with van der Waals surface area (Å²) in [5.74, 6) is -0.402. The van der Waals surface area contributed by atoms with Crippen LogP contribution in [0.4, 0.5) is 0 Å². The number of pyridine rings is 1. The Bertz CT molecular complexity index is 826. The lowest BCUT2D eigenvalue weighted by molar-refractivity contribution is 0.0992. The van der Waals surface area contributed by atoms with Crippen molar-refractivity contribution in [3.8, 4) is 0 Å². The number of benzene rings is 1. The summed E-state index contributed by atoms with van der Waals surface area (Å²) in [5, 5.41) is 0. The van der Waals surface area contributed by atoms with Crippen molar-refractivity contribution in [1.82, 2.24) is 14.5 Å². The van der Waals surface area contributed by atoms with Crippen molar-refractivity contribution in [2.45, 2.75) is 6.54 Å². The highest BCUT2D eigenvalue weighted by Gasteiger charge is 2.05. The van der Waals surface area contributed by atoms with Crippen molar-refractivity contribution in [2.75, 3.05) is 0 Å². The molecule has 0 fully saturated rings. The predicted molar refractivity (Wildman–Crippen MR) is 81.9 cm³/mol. The number of carbonyl (C=O) groups is 1. The van der Waals surface area contributed by atoms with Crippen molar-refractivity contribution >= 4 is 5.91 Å². The van der Waals surface area contributed by atoms with Gasteiger partial charge in [0, 0.05) is 25.1 Å². The fourth-order valence-electron chi connectivity index (χ4n) is 2.05. The number of aromatic nitrogens is 3. The highest BCUT2D eigenvalue weighted by atomic mass is 16.1. The number of carbonyl (C=O) groups excluding carboxylic acids is 1. The van der Waals surface area contributed by atoms with Crippen LogP contribution in [0.1, 0.15) is 16.1 Å². The Kier molecular flexibility index (Phi) is 4.15. The third kappa shape index (κ3) is 3.32. The van der Waals surface area contributed by atoms with Crippen LogP contribution in [0.25, 0.3) is 0 Å². The molecular weight excluding hydrogens is 276 g/mol. The molecule has 0 saturated carbocycles. The topological polar surface area (TPSA) is 60.1 Å². The number of rotatable bonds is 3. The van der Waals surface area contributed by atoms with E-state index in [0.717, 1.165) is 5.56 Å². The summed E-state index contributed by atoms with van der Waals surface area (Å²) >= 11 is 0. The first-order chi connectivity index (χ1) is 10.8. The van der Waals surface area contributed by atoms with Gasteiger partial charge >= 0.3 is 0 Å². The molecule has 0 aliphatic carbocycles. The minimum absolute atomic E-state index is 0.234. The fourth-order valence-corrected chi connectivity index (χ4v) is 2.05. The molecule has 0 aliphatic heterocycles. The molecule has 5 heteroatoms. The summed E-state index contributed by atoms with van der Waals surface area (Å²) in [6, 6.07) is 15.6. The van der Waals surface area contributed by atoms with Crippen LogP contribution in [0.3, 0.4) is 0 Å². The Morgan fingerprint density at radius 3 is 2.64 bits per heavy atom. The van der Waals surface area contributed by atoms with Crippen LogP contribution in [0.15, 0.2) is 78.3 Å². The van der Waals surface area contributed by atoms with E-state index in [1.165, 1.54) is 18.6 Å². The molecule has 0 unspecified atom stereocenters.